The standard InChI is InChI=1S/C20H23FO5/c1-8(2)19(21)14-13(25-19)15-20(26-15)17(3)5-4-9-10(7-23-16(9)22)11(17)6-12-18(14,20)24-12/h8,11-15H,4-7H2,1-3H3/t11-,12-,13+,14-,15-,17-,18+,19-,20+/m0/s1. The first kappa shape index (κ1) is 15.0. The van der Waals surface area contributed by atoms with E-state index in [1.807, 2.05) is 13.8 Å². The predicted molar refractivity (Wildman–Crippen MR) is 85.7 cm³/mol. The van der Waals surface area contributed by atoms with E-state index in [4.69, 9.17) is 18.9 Å². The largest absolute Gasteiger partial charge is 0.458 e. The summed E-state index contributed by atoms with van der Waals surface area (Å²) in [6.07, 6.45) is 2.15. The minimum Gasteiger partial charge on any atom is -0.458 e. The van der Waals surface area contributed by atoms with Crippen LogP contribution in [0.15, 0.2) is 11.1 Å². The van der Waals surface area contributed by atoms with E-state index in [0.717, 1.165) is 30.4 Å². The molecule has 140 valence electrons. The lowest BCUT2D eigenvalue weighted by atomic mass is 9.50. The summed E-state index contributed by atoms with van der Waals surface area (Å²) in [7, 11) is 0. The van der Waals surface area contributed by atoms with E-state index < -0.39 is 17.1 Å². The van der Waals surface area contributed by atoms with Gasteiger partial charge in [0.15, 0.2) is 0 Å². The molecular weight excluding hydrogens is 339 g/mol. The summed E-state index contributed by atoms with van der Waals surface area (Å²) in [5.74, 6) is -1.98. The van der Waals surface area contributed by atoms with Gasteiger partial charge in [0.25, 0.3) is 0 Å². The molecule has 26 heavy (non-hydrogen) atoms. The van der Waals surface area contributed by atoms with Gasteiger partial charge in [0.05, 0.1) is 12.0 Å². The van der Waals surface area contributed by atoms with E-state index in [0.29, 0.717) is 6.61 Å². The highest BCUT2D eigenvalue weighted by molar-refractivity contribution is 5.92. The first-order chi connectivity index (χ1) is 12.3. The maximum Gasteiger partial charge on any atom is 0.334 e. The summed E-state index contributed by atoms with van der Waals surface area (Å²) in [6, 6.07) is 0. The minimum atomic E-state index is -1.61. The van der Waals surface area contributed by atoms with Crippen LogP contribution in [0.4, 0.5) is 4.39 Å². The normalized spacial score (nSPS) is 63.1. The van der Waals surface area contributed by atoms with Crippen LogP contribution in [-0.4, -0.2) is 47.9 Å². The Morgan fingerprint density at radius 2 is 2.04 bits per heavy atom. The van der Waals surface area contributed by atoms with Crippen LogP contribution in [0, 0.1) is 23.2 Å². The van der Waals surface area contributed by atoms with Crippen molar-refractivity contribution in [2.75, 3.05) is 6.61 Å². The van der Waals surface area contributed by atoms with E-state index >= 15 is 4.39 Å². The van der Waals surface area contributed by atoms with Crippen LogP contribution in [0.2, 0.25) is 0 Å². The summed E-state index contributed by atoms with van der Waals surface area (Å²) >= 11 is 0. The molecule has 4 heterocycles. The third kappa shape index (κ3) is 1.14. The number of carbonyl (C=O) groups excluding carboxylic acids is 1. The molecule has 0 aromatic rings. The van der Waals surface area contributed by atoms with Crippen LogP contribution < -0.4 is 0 Å². The molecule has 5 fully saturated rings. The van der Waals surface area contributed by atoms with Gasteiger partial charge in [-0.3, -0.25) is 0 Å². The number of carbonyl (C=O) groups is 1. The quantitative estimate of drug-likeness (QED) is 0.529. The number of esters is 1. The maximum atomic E-state index is 15.6. The van der Waals surface area contributed by atoms with Crippen LogP contribution >= 0.6 is 0 Å². The van der Waals surface area contributed by atoms with Crippen molar-refractivity contribution in [2.45, 2.75) is 75.4 Å². The summed E-state index contributed by atoms with van der Waals surface area (Å²) in [5, 5.41) is 0. The van der Waals surface area contributed by atoms with Crippen molar-refractivity contribution in [1.29, 1.82) is 0 Å². The molecule has 0 bridgehead atoms. The second-order valence-electron chi connectivity index (χ2n) is 9.87. The zero-order valence-corrected chi connectivity index (χ0v) is 15.2. The highest BCUT2D eigenvalue weighted by Crippen LogP contribution is 2.85. The monoisotopic (exact) mass is 362 g/mol. The van der Waals surface area contributed by atoms with Crippen LogP contribution in [0.3, 0.4) is 0 Å². The molecule has 0 amide bonds. The molecule has 7 aliphatic rings. The number of halogens is 1. The number of hydrogen-bond acceptors (Lipinski definition) is 5. The summed E-state index contributed by atoms with van der Waals surface area (Å²) in [5.41, 5.74) is 0.860. The SMILES string of the molecule is CC(C)[C@]1(F)O[C@H]2[C@@H]3O[C@]34[C@]3(O[C@H]3C[C@H]3C5=C(CC[C@@]34C)C(=O)OC5)[C@H]21. The van der Waals surface area contributed by atoms with Gasteiger partial charge in [-0.25, -0.2) is 9.18 Å². The third-order valence-corrected chi connectivity index (χ3v) is 8.99. The number of alkyl halides is 1. The van der Waals surface area contributed by atoms with Gasteiger partial charge in [0.2, 0.25) is 5.85 Å². The van der Waals surface area contributed by atoms with Gasteiger partial charge in [-0.05, 0) is 30.8 Å². The van der Waals surface area contributed by atoms with E-state index in [-0.39, 0.29) is 47.4 Å². The molecular formula is C20H23FO5. The summed E-state index contributed by atoms with van der Waals surface area (Å²) in [6.45, 7) is 6.43. The van der Waals surface area contributed by atoms with Crippen LogP contribution in [0.1, 0.15) is 40.0 Å². The Balaban J connectivity index is 1.37. The highest BCUT2D eigenvalue weighted by Gasteiger charge is 3.01. The van der Waals surface area contributed by atoms with Crippen LogP contribution in [0.5, 0.6) is 0 Å². The van der Waals surface area contributed by atoms with Crippen molar-refractivity contribution in [3.63, 3.8) is 0 Å². The van der Waals surface area contributed by atoms with Gasteiger partial charge in [0, 0.05) is 16.9 Å². The minimum absolute atomic E-state index is 0.000835. The summed E-state index contributed by atoms with van der Waals surface area (Å²) < 4.78 is 39.5. The van der Waals surface area contributed by atoms with E-state index in [1.54, 1.807) is 0 Å². The number of ether oxygens (including phenoxy) is 4. The molecule has 0 radical (unpaired) electrons. The molecule has 7 rings (SSSR count). The maximum absolute atomic E-state index is 15.6. The van der Waals surface area contributed by atoms with Gasteiger partial charge in [-0.15, -0.1) is 0 Å². The molecule has 9 atom stereocenters. The zero-order chi connectivity index (χ0) is 17.9. The van der Waals surface area contributed by atoms with E-state index in [1.165, 1.54) is 0 Å². The van der Waals surface area contributed by atoms with Gasteiger partial charge in [-0.1, -0.05) is 20.8 Å². The number of hydrogen-bond donors (Lipinski definition) is 0. The fourth-order valence-electron chi connectivity index (χ4n) is 7.74. The van der Waals surface area contributed by atoms with Crippen molar-refractivity contribution in [3.05, 3.63) is 11.1 Å². The van der Waals surface area contributed by atoms with Gasteiger partial charge >= 0.3 is 5.97 Å². The summed E-state index contributed by atoms with van der Waals surface area (Å²) in [4.78, 5) is 12.1. The fourth-order valence-corrected chi connectivity index (χ4v) is 7.74. The highest BCUT2D eigenvalue weighted by atomic mass is 19.2. The van der Waals surface area contributed by atoms with Crippen molar-refractivity contribution < 1.29 is 28.1 Å². The van der Waals surface area contributed by atoms with Crippen LogP contribution in [0.25, 0.3) is 0 Å². The van der Waals surface area contributed by atoms with Gasteiger partial charge < -0.3 is 18.9 Å². The number of fused-ring (bicyclic) bond motifs is 4. The average Bonchev–Trinajstić information content (AvgIpc) is 3.42. The Bertz CT molecular complexity index is 823. The van der Waals surface area contributed by atoms with E-state index in [9.17, 15) is 4.79 Å². The van der Waals surface area contributed by atoms with E-state index in [2.05, 4.69) is 6.92 Å². The second kappa shape index (κ2) is 3.78. The van der Waals surface area contributed by atoms with Crippen LogP contribution in [-0.2, 0) is 23.7 Å². The lowest BCUT2D eigenvalue weighted by Crippen LogP contribution is -2.67. The average molecular weight is 362 g/mol. The zero-order valence-electron chi connectivity index (χ0n) is 15.2. The number of epoxide rings is 2. The third-order valence-electron chi connectivity index (χ3n) is 8.99. The molecule has 0 aromatic heterocycles. The molecule has 2 spiro atoms. The number of rotatable bonds is 1. The predicted octanol–water partition coefficient (Wildman–Crippen LogP) is 2.29. The van der Waals surface area contributed by atoms with Crippen molar-refractivity contribution in [3.8, 4) is 0 Å². The molecule has 0 unspecified atom stereocenters. The molecule has 0 N–H and O–H groups in total. The van der Waals surface area contributed by atoms with Gasteiger partial charge in [-0.2, -0.15) is 0 Å². The fraction of sp³-hybridized carbons (Fsp3) is 0.850. The van der Waals surface area contributed by atoms with Gasteiger partial charge in [0.1, 0.15) is 30.0 Å². The number of cyclic esters (lactones) is 1. The first-order valence-corrected chi connectivity index (χ1v) is 9.92. The molecule has 2 saturated carbocycles. The Morgan fingerprint density at radius 3 is 2.81 bits per heavy atom. The molecule has 6 heteroatoms. The first-order valence-electron chi connectivity index (χ1n) is 9.92. The lowest BCUT2D eigenvalue weighted by Gasteiger charge is -2.55. The molecule has 3 saturated heterocycles. The van der Waals surface area contributed by atoms with Crippen molar-refractivity contribution in [1.82, 2.24) is 0 Å². The lowest BCUT2D eigenvalue weighted by molar-refractivity contribution is -0.363. The molecule has 3 aliphatic carbocycles. The Hall–Kier alpha value is -0.980. The Labute approximate surface area is 151 Å². The topological polar surface area (TPSA) is 60.6 Å². The Morgan fingerprint density at radius 1 is 1.23 bits per heavy atom. The molecule has 5 nitrogen and oxygen atoms in total. The molecule has 4 aliphatic heterocycles. The van der Waals surface area contributed by atoms with Crippen molar-refractivity contribution in [2.24, 2.45) is 23.2 Å². The molecule has 0 aromatic carbocycles. The Kier molecular flexibility index (Phi) is 2.18. The smallest absolute Gasteiger partial charge is 0.334 e. The van der Waals surface area contributed by atoms with Crippen molar-refractivity contribution >= 4 is 5.97 Å². The second-order valence-corrected chi connectivity index (χ2v) is 9.87.